The molecule has 1 heterocycles. The summed E-state index contributed by atoms with van der Waals surface area (Å²) < 4.78 is 0. The van der Waals surface area contributed by atoms with Crippen LogP contribution in [0.1, 0.15) is 6.92 Å². The first-order valence-corrected chi connectivity index (χ1v) is 7.33. The average Bonchev–Trinajstić information content (AvgIpc) is 2.56. The molecule has 0 radical (unpaired) electrons. The van der Waals surface area contributed by atoms with E-state index in [1.165, 1.54) is 4.90 Å². The number of H-pyrrole nitrogens is 1. The van der Waals surface area contributed by atoms with Gasteiger partial charge in [-0.1, -0.05) is 36.4 Å². The zero-order chi connectivity index (χ0) is 16.4. The summed E-state index contributed by atoms with van der Waals surface area (Å²) in [6.45, 7) is 2.07. The molecule has 3 rings (SSSR count). The summed E-state index contributed by atoms with van der Waals surface area (Å²) in [4.78, 5) is 27.7. The summed E-state index contributed by atoms with van der Waals surface area (Å²) in [7, 11) is 0. The van der Waals surface area contributed by atoms with Gasteiger partial charge in [0.15, 0.2) is 0 Å². The lowest BCUT2D eigenvalue weighted by atomic mass is 10.1. The summed E-state index contributed by atoms with van der Waals surface area (Å²) in [5.41, 5.74) is 1.92. The van der Waals surface area contributed by atoms with Gasteiger partial charge in [-0.3, -0.25) is 9.69 Å². The number of hydrogen-bond donors (Lipinski definition) is 2. The fourth-order valence-corrected chi connectivity index (χ4v) is 2.62. The lowest BCUT2D eigenvalue weighted by Gasteiger charge is -2.17. The van der Waals surface area contributed by atoms with Crippen molar-refractivity contribution in [3.05, 3.63) is 65.0 Å². The number of fused-ring (bicyclic) bond motifs is 1. The van der Waals surface area contributed by atoms with Crippen LogP contribution in [0.15, 0.2) is 59.4 Å². The molecule has 0 saturated heterocycles. The lowest BCUT2D eigenvalue weighted by Crippen LogP contribution is -2.28. The molecule has 116 valence electrons. The molecule has 0 atom stereocenters. The molecule has 5 heteroatoms. The van der Waals surface area contributed by atoms with Gasteiger partial charge in [0.2, 0.25) is 0 Å². The van der Waals surface area contributed by atoms with Crippen molar-refractivity contribution in [2.45, 2.75) is 6.92 Å². The lowest BCUT2D eigenvalue weighted by molar-refractivity contribution is 0.202. The van der Waals surface area contributed by atoms with Gasteiger partial charge in [-0.2, -0.15) is 0 Å². The minimum Gasteiger partial charge on any atom is -0.465 e. The Kier molecular flexibility index (Phi) is 3.85. The normalized spacial score (nSPS) is 10.7. The van der Waals surface area contributed by atoms with E-state index in [0.717, 1.165) is 16.6 Å². The van der Waals surface area contributed by atoms with Crippen LogP contribution < -0.4 is 10.5 Å². The van der Waals surface area contributed by atoms with E-state index in [9.17, 15) is 14.7 Å². The van der Waals surface area contributed by atoms with E-state index in [1.54, 1.807) is 25.1 Å². The monoisotopic (exact) mass is 308 g/mol. The van der Waals surface area contributed by atoms with Gasteiger partial charge in [-0.25, -0.2) is 4.79 Å². The second-order valence-corrected chi connectivity index (χ2v) is 5.18. The van der Waals surface area contributed by atoms with Crippen molar-refractivity contribution in [1.82, 2.24) is 4.98 Å². The number of rotatable bonds is 3. The first kappa shape index (κ1) is 14.8. The number of nitrogens with zero attached hydrogens (tertiary/aromatic N) is 1. The van der Waals surface area contributed by atoms with E-state index in [-0.39, 0.29) is 5.56 Å². The minimum absolute atomic E-state index is 0.232. The van der Waals surface area contributed by atoms with E-state index in [2.05, 4.69) is 4.98 Å². The van der Waals surface area contributed by atoms with Gasteiger partial charge >= 0.3 is 6.09 Å². The number of hydrogen-bond acceptors (Lipinski definition) is 2. The number of anilines is 1. The maximum absolute atomic E-state index is 12.4. The molecule has 1 aromatic heterocycles. The SMILES string of the molecule is CCN(C(=O)O)c1ccc2cc(-c3ccccc3)[nH]c(=O)c2c1. The van der Waals surface area contributed by atoms with Crippen molar-refractivity contribution in [3.63, 3.8) is 0 Å². The zero-order valence-corrected chi connectivity index (χ0v) is 12.6. The molecule has 2 N–H and O–H groups in total. The number of carbonyl (C=O) groups is 1. The van der Waals surface area contributed by atoms with Gasteiger partial charge in [0, 0.05) is 23.3 Å². The molecule has 0 fully saturated rings. The van der Waals surface area contributed by atoms with Gasteiger partial charge in [-0.05, 0) is 36.1 Å². The molecule has 5 nitrogen and oxygen atoms in total. The molecule has 23 heavy (non-hydrogen) atoms. The topological polar surface area (TPSA) is 73.4 Å². The molecule has 0 aliphatic heterocycles. The Morgan fingerprint density at radius 3 is 2.52 bits per heavy atom. The molecule has 0 spiro atoms. The van der Waals surface area contributed by atoms with Crippen molar-refractivity contribution in [2.75, 3.05) is 11.4 Å². The molecule has 1 amide bonds. The van der Waals surface area contributed by atoms with Crippen LogP contribution in [0.2, 0.25) is 0 Å². The fraction of sp³-hybridized carbons (Fsp3) is 0.111. The van der Waals surface area contributed by atoms with Crippen LogP contribution in [0.25, 0.3) is 22.0 Å². The number of aromatic amines is 1. The standard InChI is InChI=1S/C18H16N2O3/c1-2-20(18(22)23)14-9-8-13-10-16(12-6-4-3-5-7-12)19-17(21)15(13)11-14/h3-11H,2H2,1H3,(H,19,21)(H,22,23). The predicted octanol–water partition coefficient (Wildman–Crippen LogP) is 3.70. The molecule has 2 aromatic carbocycles. The molecule has 0 aliphatic carbocycles. The van der Waals surface area contributed by atoms with E-state index in [0.29, 0.717) is 17.6 Å². The molecular formula is C18H16N2O3. The Morgan fingerprint density at radius 1 is 1.13 bits per heavy atom. The smallest absolute Gasteiger partial charge is 0.411 e. The average molecular weight is 308 g/mol. The number of nitrogens with one attached hydrogen (secondary N) is 1. The van der Waals surface area contributed by atoms with E-state index in [4.69, 9.17) is 0 Å². The molecule has 0 aliphatic rings. The number of benzene rings is 2. The summed E-state index contributed by atoms with van der Waals surface area (Å²) in [5.74, 6) is 0. The van der Waals surface area contributed by atoms with Crippen molar-refractivity contribution in [2.24, 2.45) is 0 Å². The van der Waals surface area contributed by atoms with Crippen LogP contribution in [-0.2, 0) is 0 Å². The number of carboxylic acid groups (broad SMARTS) is 1. The summed E-state index contributed by atoms with van der Waals surface area (Å²) in [6.07, 6.45) is -1.04. The summed E-state index contributed by atoms with van der Waals surface area (Å²) in [5, 5.41) is 10.5. The van der Waals surface area contributed by atoms with Crippen LogP contribution in [0, 0.1) is 0 Å². The second kappa shape index (κ2) is 5.96. The Labute approximate surface area is 132 Å². The third-order valence-electron chi connectivity index (χ3n) is 3.77. The van der Waals surface area contributed by atoms with Crippen molar-refractivity contribution >= 4 is 22.6 Å². The van der Waals surface area contributed by atoms with Crippen LogP contribution >= 0.6 is 0 Å². The molecule has 3 aromatic rings. The van der Waals surface area contributed by atoms with Gasteiger partial charge < -0.3 is 10.1 Å². The minimum atomic E-state index is -1.04. The van der Waals surface area contributed by atoms with E-state index in [1.807, 2.05) is 36.4 Å². The highest BCUT2D eigenvalue weighted by Gasteiger charge is 2.13. The largest absolute Gasteiger partial charge is 0.465 e. The second-order valence-electron chi connectivity index (χ2n) is 5.18. The van der Waals surface area contributed by atoms with Gasteiger partial charge in [0.1, 0.15) is 0 Å². The van der Waals surface area contributed by atoms with Crippen molar-refractivity contribution in [1.29, 1.82) is 0 Å². The highest BCUT2D eigenvalue weighted by atomic mass is 16.4. The first-order chi connectivity index (χ1) is 11.1. The Bertz CT molecular complexity index is 916. The summed E-state index contributed by atoms with van der Waals surface area (Å²) in [6, 6.07) is 16.6. The van der Waals surface area contributed by atoms with Crippen LogP contribution in [0.4, 0.5) is 10.5 Å². The highest BCUT2D eigenvalue weighted by Crippen LogP contribution is 2.23. The van der Waals surface area contributed by atoms with Crippen molar-refractivity contribution < 1.29 is 9.90 Å². The molecule has 0 saturated carbocycles. The predicted molar refractivity (Wildman–Crippen MR) is 91.0 cm³/mol. The maximum atomic E-state index is 12.4. The van der Waals surface area contributed by atoms with Crippen LogP contribution in [0.5, 0.6) is 0 Å². The Morgan fingerprint density at radius 2 is 1.87 bits per heavy atom. The molecule has 0 unspecified atom stereocenters. The highest BCUT2D eigenvalue weighted by molar-refractivity contribution is 5.92. The van der Waals surface area contributed by atoms with Crippen molar-refractivity contribution in [3.8, 4) is 11.3 Å². The zero-order valence-electron chi connectivity index (χ0n) is 12.6. The Balaban J connectivity index is 2.14. The number of aromatic nitrogens is 1. The maximum Gasteiger partial charge on any atom is 0.411 e. The van der Waals surface area contributed by atoms with Gasteiger partial charge in [-0.15, -0.1) is 0 Å². The Hall–Kier alpha value is -3.08. The first-order valence-electron chi connectivity index (χ1n) is 7.33. The fourth-order valence-electron chi connectivity index (χ4n) is 2.62. The van der Waals surface area contributed by atoms with Gasteiger partial charge in [0.25, 0.3) is 5.56 Å². The molecule has 0 bridgehead atoms. The third kappa shape index (κ3) is 2.81. The van der Waals surface area contributed by atoms with E-state index >= 15 is 0 Å². The van der Waals surface area contributed by atoms with E-state index < -0.39 is 6.09 Å². The third-order valence-corrected chi connectivity index (χ3v) is 3.77. The number of pyridine rings is 1. The van der Waals surface area contributed by atoms with Crippen LogP contribution in [-0.4, -0.2) is 22.7 Å². The van der Waals surface area contributed by atoms with Crippen LogP contribution in [0.3, 0.4) is 0 Å². The number of amides is 1. The summed E-state index contributed by atoms with van der Waals surface area (Å²) >= 11 is 0. The molecular weight excluding hydrogens is 292 g/mol. The quantitative estimate of drug-likeness (QED) is 0.775. The van der Waals surface area contributed by atoms with Gasteiger partial charge in [0.05, 0.1) is 0 Å².